The van der Waals surface area contributed by atoms with Crippen LogP contribution in [-0.4, -0.2) is 57.9 Å². The van der Waals surface area contributed by atoms with Crippen LogP contribution >= 0.6 is 0 Å². The highest BCUT2D eigenvalue weighted by molar-refractivity contribution is 5.99. The molecular formula is C24H22F3N3O5. The molecule has 2 aliphatic rings. The monoisotopic (exact) mass is 489 g/mol. The van der Waals surface area contributed by atoms with Crippen molar-refractivity contribution in [2.24, 2.45) is 5.92 Å². The van der Waals surface area contributed by atoms with Crippen molar-refractivity contribution in [1.29, 1.82) is 0 Å². The molecule has 2 N–H and O–H groups in total. The molecule has 0 aromatic heterocycles. The number of carboxylic acids is 1. The summed E-state index contributed by atoms with van der Waals surface area (Å²) < 4.78 is 40.8. The molecule has 11 heteroatoms. The molecule has 184 valence electrons. The van der Waals surface area contributed by atoms with Crippen molar-refractivity contribution in [2.75, 3.05) is 13.1 Å². The van der Waals surface area contributed by atoms with Crippen molar-refractivity contribution in [1.82, 2.24) is 15.1 Å². The van der Waals surface area contributed by atoms with Crippen LogP contribution in [0.1, 0.15) is 41.2 Å². The Balaban J connectivity index is 1.64. The molecular weight excluding hydrogens is 467 g/mol. The van der Waals surface area contributed by atoms with Crippen molar-refractivity contribution in [3.63, 3.8) is 0 Å². The van der Waals surface area contributed by atoms with Gasteiger partial charge in [0.2, 0.25) is 5.91 Å². The zero-order chi connectivity index (χ0) is 25.3. The Labute approximate surface area is 198 Å². The Morgan fingerprint density at radius 2 is 1.51 bits per heavy atom. The van der Waals surface area contributed by atoms with Crippen molar-refractivity contribution in [3.05, 3.63) is 71.0 Å². The summed E-state index contributed by atoms with van der Waals surface area (Å²) in [5.74, 6) is -6.04. The van der Waals surface area contributed by atoms with Gasteiger partial charge in [-0.3, -0.25) is 19.2 Å². The second-order valence-electron chi connectivity index (χ2n) is 8.55. The minimum Gasteiger partial charge on any atom is -0.481 e. The highest BCUT2D eigenvalue weighted by atomic mass is 19.1. The quantitative estimate of drug-likeness (QED) is 0.622. The maximum Gasteiger partial charge on any atom is 0.305 e. The molecule has 1 aliphatic heterocycles. The molecule has 0 spiro atoms. The Morgan fingerprint density at radius 3 is 2.09 bits per heavy atom. The van der Waals surface area contributed by atoms with E-state index in [2.05, 4.69) is 5.32 Å². The number of benzene rings is 2. The van der Waals surface area contributed by atoms with Crippen molar-refractivity contribution < 1.29 is 37.5 Å². The van der Waals surface area contributed by atoms with Gasteiger partial charge in [-0.15, -0.1) is 0 Å². The number of nitrogens with one attached hydrogen (secondary N) is 1. The number of halogens is 3. The number of carboxylic acid groups (broad SMARTS) is 1. The third kappa shape index (κ3) is 5.44. The molecule has 2 unspecified atom stereocenters. The highest BCUT2D eigenvalue weighted by Gasteiger charge is 2.47. The fourth-order valence-electron chi connectivity index (χ4n) is 4.13. The SMILES string of the molecule is O=C(O)CC(NC(=O)C1N(C(=O)c2cc(F)cc(F)c2)CCN1C(=O)C1CC1)c1ccc(F)cc1. The minimum absolute atomic E-state index is 0.0249. The van der Waals surface area contributed by atoms with Crippen LogP contribution in [0.15, 0.2) is 42.5 Å². The first kappa shape index (κ1) is 24.2. The predicted octanol–water partition coefficient (Wildman–Crippen LogP) is 2.46. The van der Waals surface area contributed by atoms with Crippen LogP contribution in [0, 0.1) is 23.4 Å². The molecule has 2 aromatic carbocycles. The van der Waals surface area contributed by atoms with Gasteiger partial charge in [0, 0.05) is 30.6 Å². The lowest BCUT2D eigenvalue weighted by Crippen LogP contribution is -2.54. The van der Waals surface area contributed by atoms with Crippen LogP contribution in [-0.2, 0) is 14.4 Å². The van der Waals surface area contributed by atoms with Crippen molar-refractivity contribution in [2.45, 2.75) is 31.5 Å². The van der Waals surface area contributed by atoms with E-state index in [1.807, 2.05) is 0 Å². The van der Waals surface area contributed by atoms with Crippen molar-refractivity contribution >= 4 is 23.7 Å². The van der Waals surface area contributed by atoms with Gasteiger partial charge in [0.15, 0.2) is 6.17 Å². The second kappa shape index (κ2) is 9.77. The molecule has 8 nitrogen and oxygen atoms in total. The van der Waals surface area contributed by atoms with E-state index >= 15 is 0 Å². The zero-order valence-electron chi connectivity index (χ0n) is 18.4. The second-order valence-corrected chi connectivity index (χ2v) is 8.55. The van der Waals surface area contributed by atoms with Gasteiger partial charge in [-0.05, 0) is 42.7 Å². The van der Waals surface area contributed by atoms with Gasteiger partial charge < -0.3 is 20.2 Å². The lowest BCUT2D eigenvalue weighted by molar-refractivity contribution is -0.143. The van der Waals surface area contributed by atoms with E-state index < -0.39 is 53.9 Å². The van der Waals surface area contributed by atoms with Gasteiger partial charge in [0.05, 0.1) is 12.5 Å². The first-order valence-corrected chi connectivity index (χ1v) is 11.0. The lowest BCUT2D eigenvalue weighted by Gasteiger charge is -2.31. The predicted molar refractivity (Wildman–Crippen MR) is 115 cm³/mol. The summed E-state index contributed by atoms with van der Waals surface area (Å²) in [6.07, 6.45) is -0.698. The van der Waals surface area contributed by atoms with Crippen molar-refractivity contribution in [3.8, 4) is 0 Å². The topological polar surface area (TPSA) is 107 Å². The summed E-state index contributed by atoms with van der Waals surface area (Å²) in [7, 11) is 0. The fraction of sp³-hybridized carbons (Fsp3) is 0.333. The summed E-state index contributed by atoms with van der Waals surface area (Å²) in [5.41, 5.74) is -0.0214. The maximum atomic E-state index is 13.7. The highest BCUT2D eigenvalue weighted by Crippen LogP contribution is 2.34. The Kier molecular flexibility index (Phi) is 6.77. The average Bonchev–Trinajstić information content (AvgIpc) is 3.55. The Morgan fingerprint density at radius 1 is 0.914 bits per heavy atom. The summed E-state index contributed by atoms with van der Waals surface area (Å²) in [5, 5.41) is 11.9. The van der Waals surface area contributed by atoms with E-state index in [1.54, 1.807) is 0 Å². The molecule has 1 aliphatic carbocycles. The first-order chi connectivity index (χ1) is 16.6. The third-order valence-electron chi connectivity index (χ3n) is 5.95. The fourth-order valence-corrected chi connectivity index (χ4v) is 4.13. The normalized spacial score (nSPS) is 18.3. The largest absolute Gasteiger partial charge is 0.481 e. The molecule has 1 saturated carbocycles. The van der Waals surface area contributed by atoms with Crippen LogP contribution in [0.4, 0.5) is 13.2 Å². The Hall–Kier alpha value is -3.89. The first-order valence-electron chi connectivity index (χ1n) is 11.0. The van der Waals surface area contributed by atoms with E-state index in [1.165, 1.54) is 17.0 Å². The number of hydrogen-bond donors (Lipinski definition) is 2. The summed E-state index contributed by atoms with van der Waals surface area (Å²) >= 11 is 0. The third-order valence-corrected chi connectivity index (χ3v) is 5.95. The number of nitrogens with zero attached hydrogens (tertiary/aromatic N) is 2. The minimum atomic E-state index is -1.45. The van der Waals surface area contributed by atoms with Gasteiger partial charge in [0.25, 0.3) is 11.8 Å². The van der Waals surface area contributed by atoms with E-state index in [0.29, 0.717) is 24.5 Å². The Bertz CT molecular complexity index is 1150. The number of hydrogen-bond acceptors (Lipinski definition) is 4. The van der Waals surface area contributed by atoms with Crippen LogP contribution < -0.4 is 5.32 Å². The van der Waals surface area contributed by atoms with Crippen LogP contribution in [0.3, 0.4) is 0 Å². The molecule has 3 amide bonds. The number of rotatable bonds is 7. The molecule has 4 rings (SSSR count). The van der Waals surface area contributed by atoms with Gasteiger partial charge in [-0.1, -0.05) is 12.1 Å². The van der Waals surface area contributed by atoms with Gasteiger partial charge in [0.1, 0.15) is 17.5 Å². The molecule has 1 heterocycles. The zero-order valence-corrected chi connectivity index (χ0v) is 18.4. The van der Waals surface area contributed by atoms with Crippen LogP contribution in [0.5, 0.6) is 0 Å². The smallest absolute Gasteiger partial charge is 0.305 e. The number of aliphatic carboxylic acids is 1. The average molecular weight is 489 g/mol. The molecule has 1 saturated heterocycles. The molecule has 0 radical (unpaired) electrons. The molecule has 2 atom stereocenters. The standard InChI is InChI=1S/C24H22F3N3O5/c25-16-5-3-13(4-6-16)19(12-20(31)32)28-21(33)22-29(23(34)14-1-2-14)7-8-30(22)24(35)15-9-17(26)11-18(27)10-15/h3-6,9-11,14,19,22H,1-2,7-8,12H2,(H,28,33)(H,31,32). The number of amides is 3. The van der Waals surface area contributed by atoms with E-state index in [0.717, 1.165) is 29.2 Å². The number of carbonyl (C=O) groups excluding carboxylic acids is 3. The summed E-state index contributed by atoms with van der Waals surface area (Å²) in [6.45, 7) is -0.0369. The van der Waals surface area contributed by atoms with E-state index in [9.17, 15) is 37.5 Å². The summed E-state index contributed by atoms with van der Waals surface area (Å²) in [6, 6.07) is 6.06. The van der Waals surface area contributed by atoms with Crippen LogP contribution in [0.2, 0.25) is 0 Å². The molecule has 0 bridgehead atoms. The summed E-state index contributed by atoms with van der Waals surface area (Å²) in [4.78, 5) is 53.1. The van der Waals surface area contributed by atoms with E-state index in [-0.39, 0.29) is 30.5 Å². The molecule has 35 heavy (non-hydrogen) atoms. The van der Waals surface area contributed by atoms with Gasteiger partial charge in [-0.25, -0.2) is 13.2 Å². The van der Waals surface area contributed by atoms with Gasteiger partial charge in [-0.2, -0.15) is 0 Å². The molecule has 2 aromatic rings. The maximum absolute atomic E-state index is 13.7. The van der Waals surface area contributed by atoms with E-state index in [4.69, 9.17) is 0 Å². The number of carbonyl (C=O) groups is 4. The molecule has 2 fully saturated rings. The van der Waals surface area contributed by atoms with Gasteiger partial charge >= 0.3 is 5.97 Å². The van der Waals surface area contributed by atoms with Crippen LogP contribution in [0.25, 0.3) is 0 Å². The lowest BCUT2D eigenvalue weighted by atomic mass is 10.0.